The minimum atomic E-state index is 0.543. The molecule has 0 radical (unpaired) electrons. The van der Waals surface area contributed by atoms with Gasteiger partial charge in [-0.15, -0.1) is 0 Å². The molecule has 5 nitrogen and oxygen atoms in total. The Bertz CT molecular complexity index is 390. The highest BCUT2D eigenvalue weighted by Gasteiger charge is 1.99. The van der Waals surface area contributed by atoms with E-state index < -0.39 is 0 Å². The Morgan fingerprint density at radius 3 is 3.00 bits per heavy atom. The second kappa shape index (κ2) is 4.75. The molecule has 0 unspecified atom stereocenters. The van der Waals surface area contributed by atoms with Crippen molar-refractivity contribution in [1.29, 1.82) is 0 Å². The molecule has 0 saturated heterocycles. The van der Waals surface area contributed by atoms with E-state index in [2.05, 4.69) is 14.6 Å². The van der Waals surface area contributed by atoms with E-state index in [0.29, 0.717) is 6.54 Å². The molecular formula is C10H15N5. The van der Waals surface area contributed by atoms with Crippen molar-refractivity contribution in [3.63, 3.8) is 0 Å². The largest absolute Gasteiger partial charge is 0.333 e. The SMILES string of the molecule is NCc1cncn1CCCn1cccn1. The topological polar surface area (TPSA) is 61.7 Å². The Balaban J connectivity index is 1.83. The summed E-state index contributed by atoms with van der Waals surface area (Å²) in [6.45, 7) is 2.41. The second-order valence-corrected chi connectivity index (χ2v) is 3.41. The molecule has 2 rings (SSSR count). The lowest BCUT2D eigenvalue weighted by Crippen LogP contribution is -2.09. The average molecular weight is 205 g/mol. The number of rotatable bonds is 5. The summed E-state index contributed by atoms with van der Waals surface area (Å²) in [7, 11) is 0. The number of imidazole rings is 1. The van der Waals surface area contributed by atoms with Crippen LogP contribution in [0, 0.1) is 0 Å². The van der Waals surface area contributed by atoms with E-state index in [1.165, 1.54) is 0 Å². The number of aryl methyl sites for hydroxylation is 2. The molecule has 0 amide bonds. The summed E-state index contributed by atoms with van der Waals surface area (Å²) in [6, 6.07) is 1.93. The first-order valence-electron chi connectivity index (χ1n) is 5.06. The first-order valence-corrected chi connectivity index (χ1v) is 5.06. The Morgan fingerprint density at radius 1 is 1.33 bits per heavy atom. The summed E-state index contributed by atoms with van der Waals surface area (Å²) in [5.74, 6) is 0. The lowest BCUT2D eigenvalue weighted by molar-refractivity contribution is 0.519. The van der Waals surface area contributed by atoms with Crippen LogP contribution in [0.25, 0.3) is 0 Å². The molecule has 0 bridgehead atoms. The van der Waals surface area contributed by atoms with E-state index >= 15 is 0 Å². The molecule has 0 aliphatic heterocycles. The molecule has 0 atom stereocenters. The molecule has 5 heteroatoms. The van der Waals surface area contributed by atoms with E-state index in [1.54, 1.807) is 6.20 Å². The Morgan fingerprint density at radius 2 is 2.27 bits per heavy atom. The van der Waals surface area contributed by atoms with Gasteiger partial charge in [-0.05, 0) is 12.5 Å². The van der Waals surface area contributed by atoms with Crippen molar-refractivity contribution in [2.24, 2.45) is 5.73 Å². The Kier molecular flexibility index (Phi) is 3.14. The predicted octanol–water partition coefficient (Wildman–Crippen LogP) is 0.629. The molecule has 0 fully saturated rings. The molecule has 15 heavy (non-hydrogen) atoms. The molecule has 0 aliphatic rings. The molecule has 0 aliphatic carbocycles. The van der Waals surface area contributed by atoms with Crippen LogP contribution in [-0.4, -0.2) is 19.3 Å². The van der Waals surface area contributed by atoms with E-state index in [1.807, 2.05) is 29.5 Å². The fourth-order valence-corrected chi connectivity index (χ4v) is 1.56. The highest BCUT2D eigenvalue weighted by Crippen LogP contribution is 2.00. The van der Waals surface area contributed by atoms with Crippen LogP contribution in [0.1, 0.15) is 12.1 Å². The second-order valence-electron chi connectivity index (χ2n) is 3.41. The molecule has 2 aromatic rings. The quantitative estimate of drug-likeness (QED) is 0.778. The van der Waals surface area contributed by atoms with Crippen LogP contribution in [-0.2, 0) is 19.6 Å². The summed E-state index contributed by atoms with van der Waals surface area (Å²) in [5.41, 5.74) is 6.66. The summed E-state index contributed by atoms with van der Waals surface area (Å²) < 4.78 is 4.02. The Hall–Kier alpha value is -1.62. The zero-order valence-electron chi connectivity index (χ0n) is 8.58. The number of hydrogen-bond acceptors (Lipinski definition) is 3. The minimum absolute atomic E-state index is 0.543. The van der Waals surface area contributed by atoms with Crippen LogP contribution in [0.15, 0.2) is 31.0 Å². The van der Waals surface area contributed by atoms with Crippen molar-refractivity contribution < 1.29 is 0 Å². The van der Waals surface area contributed by atoms with Gasteiger partial charge in [-0.1, -0.05) is 0 Å². The molecule has 2 N–H and O–H groups in total. The fraction of sp³-hybridized carbons (Fsp3) is 0.400. The van der Waals surface area contributed by atoms with Crippen molar-refractivity contribution in [1.82, 2.24) is 19.3 Å². The van der Waals surface area contributed by atoms with Gasteiger partial charge in [0, 0.05) is 38.2 Å². The average Bonchev–Trinajstić information content (AvgIpc) is 2.88. The standard InChI is InChI=1S/C10H15N5/c11-7-10-8-12-9-14(10)4-2-6-15-5-1-3-13-15/h1,3,5,8-9H,2,4,6-7,11H2. The number of nitrogens with two attached hydrogens (primary N) is 1. The third kappa shape index (κ3) is 2.44. The molecule has 0 aromatic carbocycles. The third-order valence-electron chi connectivity index (χ3n) is 2.35. The highest BCUT2D eigenvalue weighted by molar-refractivity contribution is 4.96. The van der Waals surface area contributed by atoms with Gasteiger partial charge in [0.1, 0.15) is 0 Å². The number of aromatic nitrogens is 4. The number of nitrogens with zero attached hydrogens (tertiary/aromatic N) is 4. The lowest BCUT2D eigenvalue weighted by Gasteiger charge is -2.06. The molecule has 0 spiro atoms. The van der Waals surface area contributed by atoms with Gasteiger partial charge in [0.15, 0.2) is 0 Å². The van der Waals surface area contributed by atoms with Gasteiger partial charge in [-0.3, -0.25) is 4.68 Å². The zero-order chi connectivity index (χ0) is 10.5. The number of hydrogen-bond donors (Lipinski definition) is 1. The van der Waals surface area contributed by atoms with Gasteiger partial charge >= 0.3 is 0 Å². The predicted molar refractivity (Wildman–Crippen MR) is 57.0 cm³/mol. The van der Waals surface area contributed by atoms with Gasteiger partial charge in [0.05, 0.1) is 12.0 Å². The van der Waals surface area contributed by atoms with Crippen LogP contribution in [0.4, 0.5) is 0 Å². The van der Waals surface area contributed by atoms with Crippen LogP contribution < -0.4 is 5.73 Å². The first-order chi connectivity index (χ1) is 7.40. The van der Waals surface area contributed by atoms with Crippen molar-refractivity contribution >= 4 is 0 Å². The third-order valence-corrected chi connectivity index (χ3v) is 2.35. The van der Waals surface area contributed by atoms with Gasteiger partial charge < -0.3 is 10.3 Å². The zero-order valence-corrected chi connectivity index (χ0v) is 8.58. The van der Waals surface area contributed by atoms with Crippen molar-refractivity contribution in [2.45, 2.75) is 26.1 Å². The molecule has 2 aromatic heterocycles. The maximum atomic E-state index is 5.58. The molecular weight excluding hydrogens is 190 g/mol. The fourth-order valence-electron chi connectivity index (χ4n) is 1.56. The Labute approximate surface area is 88.5 Å². The highest BCUT2D eigenvalue weighted by atomic mass is 15.3. The lowest BCUT2D eigenvalue weighted by atomic mass is 10.4. The van der Waals surface area contributed by atoms with Gasteiger partial charge in [0.2, 0.25) is 0 Å². The summed E-state index contributed by atoms with van der Waals surface area (Å²) >= 11 is 0. The summed E-state index contributed by atoms with van der Waals surface area (Å²) in [6.07, 6.45) is 8.44. The minimum Gasteiger partial charge on any atom is -0.333 e. The van der Waals surface area contributed by atoms with E-state index in [9.17, 15) is 0 Å². The molecule has 2 heterocycles. The summed E-state index contributed by atoms with van der Waals surface area (Å²) in [5, 5.41) is 4.14. The van der Waals surface area contributed by atoms with Crippen LogP contribution in [0.3, 0.4) is 0 Å². The van der Waals surface area contributed by atoms with Gasteiger partial charge in [-0.2, -0.15) is 5.10 Å². The van der Waals surface area contributed by atoms with Crippen molar-refractivity contribution in [2.75, 3.05) is 0 Å². The molecule has 0 saturated carbocycles. The monoisotopic (exact) mass is 205 g/mol. The van der Waals surface area contributed by atoms with E-state index in [4.69, 9.17) is 5.73 Å². The normalized spacial score (nSPS) is 10.7. The van der Waals surface area contributed by atoms with Crippen molar-refractivity contribution in [3.8, 4) is 0 Å². The molecule has 80 valence electrons. The van der Waals surface area contributed by atoms with E-state index in [0.717, 1.165) is 25.2 Å². The van der Waals surface area contributed by atoms with Gasteiger partial charge in [-0.25, -0.2) is 4.98 Å². The maximum absolute atomic E-state index is 5.58. The van der Waals surface area contributed by atoms with Gasteiger partial charge in [0.25, 0.3) is 0 Å². The van der Waals surface area contributed by atoms with Crippen molar-refractivity contribution in [3.05, 3.63) is 36.7 Å². The summed E-state index contributed by atoms with van der Waals surface area (Å²) in [4.78, 5) is 4.07. The van der Waals surface area contributed by atoms with Crippen LogP contribution in [0.5, 0.6) is 0 Å². The van der Waals surface area contributed by atoms with Crippen LogP contribution in [0.2, 0.25) is 0 Å². The van der Waals surface area contributed by atoms with Crippen LogP contribution >= 0.6 is 0 Å². The first kappa shape index (κ1) is 9.92. The van der Waals surface area contributed by atoms with E-state index in [-0.39, 0.29) is 0 Å². The maximum Gasteiger partial charge on any atom is 0.0948 e. The smallest absolute Gasteiger partial charge is 0.0948 e.